The molecule has 27 heavy (non-hydrogen) atoms. The maximum Gasteiger partial charge on any atom is 0.244 e. The van der Waals surface area contributed by atoms with Crippen LogP contribution in [0.2, 0.25) is 0 Å². The van der Waals surface area contributed by atoms with E-state index < -0.39 is 0 Å². The number of fused-ring (bicyclic) bond motifs is 1. The van der Waals surface area contributed by atoms with Crippen LogP contribution in [0.3, 0.4) is 0 Å². The van der Waals surface area contributed by atoms with E-state index in [0.29, 0.717) is 0 Å². The SMILES string of the molecule is O=C1CN(C(=O)C2CCCCC2)[C@H](c2ccccc2)c2cc(Br)ccc2N1. The van der Waals surface area contributed by atoms with Crippen molar-refractivity contribution in [2.75, 3.05) is 11.9 Å². The number of rotatable bonds is 2. The number of hydrogen-bond acceptors (Lipinski definition) is 2. The lowest BCUT2D eigenvalue weighted by Crippen LogP contribution is -2.42. The molecule has 5 heteroatoms. The molecule has 0 saturated heterocycles. The molecule has 1 fully saturated rings. The number of hydrogen-bond donors (Lipinski definition) is 1. The van der Waals surface area contributed by atoms with Gasteiger partial charge in [0.15, 0.2) is 0 Å². The lowest BCUT2D eigenvalue weighted by molar-refractivity contribution is -0.140. The Morgan fingerprint density at radius 3 is 2.52 bits per heavy atom. The molecule has 0 unspecified atom stereocenters. The van der Waals surface area contributed by atoms with Crippen LogP contribution in [0.4, 0.5) is 5.69 Å². The van der Waals surface area contributed by atoms with Gasteiger partial charge in [-0.3, -0.25) is 9.59 Å². The highest BCUT2D eigenvalue weighted by Crippen LogP contribution is 2.39. The van der Waals surface area contributed by atoms with Crippen molar-refractivity contribution in [2.24, 2.45) is 5.92 Å². The van der Waals surface area contributed by atoms with E-state index in [1.54, 1.807) is 4.90 Å². The molecule has 2 aliphatic rings. The van der Waals surface area contributed by atoms with Crippen molar-refractivity contribution in [1.82, 2.24) is 4.90 Å². The average molecular weight is 427 g/mol. The van der Waals surface area contributed by atoms with E-state index in [2.05, 4.69) is 21.2 Å². The zero-order valence-corrected chi connectivity index (χ0v) is 16.7. The van der Waals surface area contributed by atoms with Gasteiger partial charge in [-0.25, -0.2) is 0 Å². The Hall–Kier alpha value is -2.14. The van der Waals surface area contributed by atoms with Gasteiger partial charge in [-0.2, -0.15) is 0 Å². The first-order valence-electron chi connectivity index (χ1n) is 9.58. The summed E-state index contributed by atoms with van der Waals surface area (Å²) in [5, 5.41) is 2.98. The molecular formula is C22H23BrN2O2. The molecule has 2 aromatic rings. The minimum absolute atomic E-state index is 0.0199. The summed E-state index contributed by atoms with van der Waals surface area (Å²) in [6.45, 7) is 0.0845. The zero-order chi connectivity index (χ0) is 18.8. The molecule has 1 aliphatic carbocycles. The standard InChI is InChI=1S/C22H23BrN2O2/c23-17-11-12-19-18(13-17)21(15-7-3-1-4-8-15)25(14-20(26)24-19)22(27)16-9-5-2-6-10-16/h1,3-4,7-8,11-13,16,21H,2,5-6,9-10,14H2,(H,24,26)/t21-/m1/s1. The first-order valence-corrected chi connectivity index (χ1v) is 10.4. The fourth-order valence-electron chi connectivity index (χ4n) is 4.26. The Morgan fingerprint density at radius 1 is 1.04 bits per heavy atom. The third-order valence-electron chi connectivity index (χ3n) is 5.56. The van der Waals surface area contributed by atoms with Crippen LogP contribution in [-0.4, -0.2) is 23.3 Å². The molecule has 4 nitrogen and oxygen atoms in total. The summed E-state index contributed by atoms with van der Waals surface area (Å²) < 4.78 is 0.934. The highest BCUT2D eigenvalue weighted by molar-refractivity contribution is 9.10. The van der Waals surface area contributed by atoms with Gasteiger partial charge >= 0.3 is 0 Å². The number of halogens is 1. The largest absolute Gasteiger partial charge is 0.324 e. The third kappa shape index (κ3) is 3.79. The molecular weight excluding hydrogens is 404 g/mol. The van der Waals surface area contributed by atoms with Crippen molar-refractivity contribution in [3.8, 4) is 0 Å². The second-order valence-electron chi connectivity index (χ2n) is 7.39. The van der Waals surface area contributed by atoms with E-state index in [1.165, 1.54) is 6.42 Å². The number of nitrogens with zero attached hydrogens (tertiary/aromatic N) is 1. The summed E-state index contributed by atoms with van der Waals surface area (Å²) in [6, 6.07) is 15.6. The molecule has 2 aromatic carbocycles. The van der Waals surface area contributed by atoms with Gasteiger partial charge in [0, 0.05) is 21.6 Å². The third-order valence-corrected chi connectivity index (χ3v) is 6.05. The van der Waals surface area contributed by atoms with Crippen LogP contribution in [0.15, 0.2) is 53.0 Å². The zero-order valence-electron chi connectivity index (χ0n) is 15.2. The minimum Gasteiger partial charge on any atom is -0.324 e. The Bertz CT molecular complexity index is 847. The lowest BCUT2D eigenvalue weighted by Gasteiger charge is -2.34. The predicted molar refractivity (Wildman–Crippen MR) is 109 cm³/mol. The molecule has 4 rings (SSSR count). The number of nitrogens with one attached hydrogen (secondary N) is 1. The second-order valence-corrected chi connectivity index (χ2v) is 8.31. The van der Waals surface area contributed by atoms with Crippen LogP contribution in [-0.2, 0) is 9.59 Å². The predicted octanol–water partition coefficient (Wildman–Crippen LogP) is 4.90. The van der Waals surface area contributed by atoms with Gasteiger partial charge in [-0.1, -0.05) is 65.5 Å². The summed E-state index contributed by atoms with van der Waals surface area (Å²) in [6.07, 6.45) is 5.22. The van der Waals surface area contributed by atoms with Crippen LogP contribution in [0.1, 0.15) is 49.3 Å². The molecule has 2 amide bonds. The van der Waals surface area contributed by atoms with Crippen LogP contribution < -0.4 is 5.32 Å². The van der Waals surface area contributed by atoms with Crippen molar-refractivity contribution in [1.29, 1.82) is 0 Å². The van der Waals surface area contributed by atoms with Crippen molar-refractivity contribution in [2.45, 2.75) is 38.1 Å². The summed E-state index contributed by atoms with van der Waals surface area (Å²) in [5.41, 5.74) is 2.75. The van der Waals surface area contributed by atoms with E-state index in [-0.39, 0.29) is 30.3 Å². The summed E-state index contributed by atoms with van der Waals surface area (Å²) in [4.78, 5) is 27.8. The first kappa shape index (κ1) is 18.2. The topological polar surface area (TPSA) is 49.4 Å². The Labute approximate surface area is 168 Å². The number of amides is 2. The van der Waals surface area contributed by atoms with Crippen molar-refractivity contribution >= 4 is 33.4 Å². The molecule has 1 heterocycles. The molecule has 140 valence electrons. The molecule has 1 saturated carbocycles. The van der Waals surface area contributed by atoms with E-state index >= 15 is 0 Å². The number of anilines is 1. The van der Waals surface area contributed by atoms with Crippen LogP contribution in [0.25, 0.3) is 0 Å². The van der Waals surface area contributed by atoms with Crippen LogP contribution in [0.5, 0.6) is 0 Å². The average Bonchev–Trinajstić information content (AvgIpc) is 2.84. The van der Waals surface area contributed by atoms with E-state index in [9.17, 15) is 9.59 Å². The summed E-state index contributed by atoms with van der Waals surface area (Å²) >= 11 is 3.55. The van der Waals surface area contributed by atoms with Gasteiger partial charge in [-0.15, -0.1) is 0 Å². The summed E-state index contributed by atoms with van der Waals surface area (Å²) in [7, 11) is 0. The Morgan fingerprint density at radius 2 is 1.78 bits per heavy atom. The van der Waals surface area contributed by atoms with Crippen molar-refractivity contribution in [3.05, 3.63) is 64.1 Å². The first-order chi connectivity index (χ1) is 13.1. The summed E-state index contributed by atoms with van der Waals surface area (Å²) in [5.74, 6) is -0.0147. The highest BCUT2D eigenvalue weighted by Gasteiger charge is 2.36. The maximum atomic E-state index is 13.5. The molecule has 0 bridgehead atoms. The number of benzene rings is 2. The monoisotopic (exact) mass is 426 g/mol. The van der Waals surface area contributed by atoms with Gasteiger partial charge in [0.05, 0.1) is 6.04 Å². The lowest BCUT2D eigenvalue weighted by atomic mass is 9.87. The smallest absolute Gasteiger partial charge is 0.244 e. The molecule has 1 atom stereocenters. The molecule has 1 N–H and O–H groups in total. The number of carbonyl (C=O) groups is 2. The fraction of sp³-hybridized carbons (Fsp3) is 0.364. The van der Waals surface area contributed by atoms with Crippen molar-refractivity contribution in [3.63, 3.8) is 0 Å². The van der Waals surface area contributed by atoms with E-state index in [4.69, 9.17) is 0 Å². The normalized spacial score (nSPS) is 20.6. The van der Waals surface area contributed by atoms with Crippen LogP contribution in [0, 0.1) is 5.92 Å². The van der Waals surface area contributed by atoms with Gasteiger partial charge in [0.1, 0.15) is 6.54 Å². The van der Waals surface area contributed by atoms with Gasteiger partial charge < -0.3 is 10.2 Å². The van der Waals surface area contributed by atoms with E-state index in [0.717, 1.165) is 47.0 Å². The number of carbonyl (C=O) groups excluding carboxylic acids is 2. The van der Waals surface area contributed by atoms with Gasteiger partial charge in [0.2, 0.25) is 11.8 Å². The second kappa shape index (κ2) is 7.85. The van der Waals surface area contributed by atoms with Crippen LogP contribution >= 0.6 is 15.9 Å². The highest BCUT2D eigenvalue weighted by atomic mass is 79.9. The Kier molecular flexibility index (Phi) is 5.30. The van der Waals surface area contributed by atoms with Crippen molar-refractivity contribution < 1.29 is 9.59 Å². The Balaban J connectivity index is 1.81. The molecule has 0 radical (unpaired) electrons. The maximum absolute atomic E-state index is 13.5. The quantitative estimate of drug-likeness (QED) is 0.741. The molecule has 0 spiro atoms. The van der Waals surface area contributed by atoms with Gasteiger partial charge in [0.25, 0.3) is 0 Å². The van der Waals surface area contributed by atoms with Gasteiger partial charge in [-0.05, 0) is 36.6 Å². The fourth-order valence-corrected chi connectivity index (χ4v) is 4.64. The molecule has 1 aliphatic heterocycles. The minimum atomic E-state index is -0.271. The van der Waals surface area contributed by atoms with E-state index in [1.807, 2.05) is 48.5 Å². The molecule has 0 aromatic heterocycles.